The van der Waals surface area contributed by atoms with E-state index in [1.165, 1.54) is 0 Å². The number of ether oxygens (including phenoxy) is 2. The number of piperidine rings is 1. The van der Waals surface area contributed by atoms with E-state index in [1.54, 1.807) is 12.4 Å². The molecule has 1 N–H and O–H groups in total. The maximum atomic E-state index is 16.7. The van der Waals surface area contributed by atoms with Crippen LogP contribution < -0.4 is 9.64 Å². The molecule has 3 aromatic heterocycles. The summed E-state index contributed by atoms with van der Waals surface area (Å²) in [5, 5.41) is 8.66. The Labute approximate surface area is 246 Å². The van der Waals surface area contributed by atoms with Crippen LogP contribution in [0.25, 0.3) is 33.1 Å². The fourth-order valence-corrected chi connectivity index (χ4v) is 7.82. The zero-order valence-corrected chi connectivity index (χ0v) is 24.2. The summed E-state index contributed by atoms with van der Waals surface area (Å²) in [5.74, 6) is -0.0325. The van der Waals surface area contributed by atoms with E-state index in [0.717, 1.165) is 62.9 Å². The Balaban J connectivity index is 1.25. The average molecular weight is 596 g/mol. The summed E-state index contributed by atoms with van der Waals surface area (Å²) in [6.07, 6.45) is 7.57. The zero-order chi connectivity index (χ0) is 28.6. The van der Waals surface area contributed by atoms with Crippen LogP contribution in [0.1, 0.15) is 44.1 Å². The van der Waals surface area contributed by atoms with Crippen molar-refractivity contribution in [3.8, 4) is 17.3 Å². The van der Waals surface area contributed by atoms with Gasteiger partial charge in [0.15, 0.2) is 5.82 Å². The zero-order valence-electron chi connectivity index (χ0n) is 23.4. The van der Waals surface area contributed by atoms with Gasteiger partial charge < -0.3 is 14.4 Å². The SMILES string of the molecule is Cc1cc2[nH]ncc2c(-c2ncc3c(N4CCC[C@]5(CCO5)C4)nc(OC[C@@]45CCCN4C[C@H](F)C5)nc3c2F)c1Cl. The number of fused-ring (bicyclic) bond motifs is 3. The molecular weight excluding hydrogens is 564 g/mol. The molecule has 9 nitrogen and oxygen atoms in total. The number of alkyl halides is 1. The third-order valence-corrected chi connectivity index (χ3v) is 10.3. The minimum Gasteiger partial charge on any atom is -0.461 e. The normalized spacial score (nSPS) is 27.7. The topological polar surface area (TPSA) is 92.3 Å². The van der Waals surface area contributed by atoms with Crippen molar-refractivity contribution in [1.82, 2.24) is 30.0 Å². The largest absolute Gasteiger partial charge is 0.461 e. The fourth-order valence-electron chi connectivity index (χ4n) is 7.57. The molecule has 8 rings (SSSR count). The lowest BCUT2D eigenvalue weighted by atomic mass is 9.86. The fraction of sp³-hybridized carbons (Fsp3) is 0.533. The molecule has 0 amide bonds. The highest BCUT2D eigenvalue weighted by Gasteiger charge is 2.49. The maximum absolute atomic E-state index is 16.7. The molecule has 4 aliphatic rings. The van der Waals surface area contributed by atoms with Crippen LogP contribution in [0.15, 0.2) is 18.5 Å². The number of aromatic amines is 1. The number of nitrogens with zero attached hydrogens (tertiary/aromatic N) is 6. The van der Waals surface area contributed by atoms with Gasteiger partial charge in [-0.2, -0.15) is 15.1 Å². The van der Waals surface area contributed by atoms with Crippen molar-refractivity contribution < 1.29 is 18.3 Å². The molecule has 0 bridgehead atoms. The highest BCUT2D eigenvalue weighted by atomic mass is 35.5. The summed E-state index contributed by atoms with van der Waals surface area (Å²) < 4.78 is 43.4. The lowest BCUT2D eigenvalue weighted by molar-refractivity contribution is -0.151. The minimum absolute atomic E-state index is 0.0787. The molecule has 4 aromatic rings. The monoisotopic (exact) mass is 595 g/mol. The predicted octanol–water partition coefficient (Wildman–Crippen LogP) is 5.38. The van der Waals surface area contributed by atoms with Crippen molar-refractivity contribution in [2.75, 3.05) is 44.3 Å². The first-order valence-electron chi connectivity index (χ1n) is 14.7. The van der Waals surface area contributed by atoms with Crippen molar-refractivity contribution in [3.05, 3.63) is 34.9 Å². The summed E-state index contributed by atoms with van der Waals surface area (Å²) in [5.41, 5.74) is 1.60. The van der Waals surface area contributed by atoms with E-state index in [-0.39, 0.29) is 35.0 Å². The second-order valence-electron chi connectivity index (χ2n) is 12.4. The molecule has 4 fully saturated rings. The number of nitrogens with one attached hydrogen (secondary N) is 1. The Bertz CT molecular complexity index is 1710. The summed E-state index contributed by atoms with van der Waals surface area (Å²) >= 11 is 6.75. The summed E-state index contributed by atoms with van der Waals surface area (Å²) in [7, 11) is 0. The van der Waals surface area contributed by atoms with E-state index in [9.17, 15) is 4.39 Å². The molecule has 4 saturated heterocycles. The van der Waals surface area contributed by atoms with Gasteiger partial charge in [-0.05, 0) is 50.8 Å². The molecule has 7 heterocycles. The maximum Gasteiger partial charge on any atom is 0.319 e. The van der Waals surface area contributed by atoms with E-state index in [4.69, 9.17) is 26.1 Å². The summed E-state index contributed by atoms with van der Waals surface area (Å²) in [4.78, 5) is 18.4. The Morgan fingerprint density at radius 3 is 2.86 bits per heavy atom. The Kier molecular flexibility index (Phi) is 6.10. The second kappa shape index (κ2) is 9.68. The average Bonchev–Trinajstić information content (AvgIpc) is 3.66. The first-order valence-corrected chi connectivity index (χ1v) is 15.1. The van der Waals surface area contributed by atoms with E-state index < -0.39 is 12.0 Å². The van der Waals surface area contributed by atoms with Crippen molar-refractivity contribution >= 4 is 39.2 Å². The minimum atomic E-state index is -0.876. The Morgan fingerprint density at radius 2 is 2.02 bits per heavy atom. The number of rotatable bonds is 5. The highest BCUT2D eigenvalue weighted by molar-refractivity contribution is 6.35. The third kappa shape index (κ3) is 4.07. The molecule has 0 aliphatic carbocycles. The van der Waals surface area contributed by atoms with Gasteiger partial charge in [0.05, 0.1) is 39.9 Å². The van der Waals surface area contributed by atoms with Crippen LogP contribution in [-0.4, -0.2) is 86.8 Å². The lowest BCUT2D eigenvalue weighted by Crippen LogP contribution is -2.56. The molecule has 1 aromatic carbocycles. The molecule has 3 atom stereocenters. The van der Waals surface area contributed by atoms with Gasteiger partial charge in [-0.1, -0.05) is 11.6 Å². The lowest BCUT2D eigenvalue weighted by Gasteiger charge is -2.48. The number of aromatic nitrogens is 5. The smallest absolute Gasteiger partial charge is 0.319 e. The van der Waals surface area contributed by atoms with Gasteiger partial charge in [0.2, 0.25) is 0 Å². The molecule has 0 saturated carbocycles. The van der Waals surface area contributed by atoms with Gasteiger partial charge in [0, 0.05) is 49.6 Å². The number of anilines is 1. The van der Waals surface area contributed by atoms with Crippen LogP contribution in [0, 0.1) is 12.7 Å². The summed E-state index contributed by atoms with van der Waals surface area (Å²) in [6.45, 7) is 5.55. The van der Waals surface area contributed by atoms with Crippen LogP contribution in [0.5, 0.6) is 6.01 Å². The van der Waals surface area contributed by atoms with Gasteiger partial charge in [0.1, 0.15) is 29.8 Å². The first kappa shape index (κ1) is 26.5. The van der Waals surface area contributed by atoms with Crippen LogP contribution in [0.2, 0.25) is 5.02 Å². The van der Waals surface area contributed by atoms with E-state index >= 15 is 4.39 Å². The number of aryl methyl sites for hydroxylation is 1. The quantitative estimate of drug-likeness (QED) is 0.329. The van der Waals surface area contributed by atoms with Gasteiger partial charge in [-0.3, -0.25) is 15.0 Å². The molecule has 1 spiro atoms. The second-order valence-corrected chi connectivity index (χ2v) is 12.8. The number of benzene rings is 1. The van der Waals surface area contributed by atoms with Gasteiger partial charge in [0.25, 0.3) is 0 Å². The predicted molar refractivity (Wildman–Crippen MR) is 155 cm³/mol. The number of hydrogen-bond donors (Lipinski definition) is 1. The Hall–Kier alpha value is -3.15. The number of halogens is 3. The molecular formula is C30H32ClF2N7O2. The van der Waals surface area contributed by atoms with Gasteiger partial charge >= 0.3 is 6.01 Å². The van der Waals surface area contributed by atoms with E-state index in [1.807, 2.05) is 13.0 Å². The molecule has 4 aliphatic heterocycles. The van der Waals surface area contributed by atoms with Crippen LogP contribution in [0.3, 0.4) is 0 Å². The van der Waals surface area contributed by atoms with Crippen molar-refractivity contribution in [2.45, 2.75) is 62.8 Å². The molecule has 0 radical (unpaired) electrons. The standard InChI is InChI=1S/C30H32ClF2N7O2/c1-17-10-21-19(13-35-38-21)22(23(17)31)26-24(33)25-20(12-34-26)27(39-7-3-5-30(15-39)6-9-42-30)37-28(36-25)41-16-29-4-2-8-40(29)14-18(32)11-29/h10,12-13,18H,2-9,11,14-16H2,1H3,(H,35,38)/t18-,29+,30+/m1/s1. The first-order chi connectivity index (χ1) is 20.3. The van der Waals surface area contributed by atoms with Crippen molar-refractivity contribution in [1.29, 1.82) is 0 Å². The van der Waals surface area contributed by atoms with E-state index in [0.29, 0.717) is 46.7 Å². The summed E-state index contributed by atoms with van der Waals surface area (Å²) in [6, 6.07) is 1.96. The van der Waals surface area contributed by atoms with Gasteiger partial charge in [-0.15, -0.1) is 0 Å². The van der Waals surface area contributed by atoms with Crippen LogP contribution in [0.4, 0.5) is 14.6 Å². The van der Waals surface area contributed by atoms with Crippen molar-refractivity contribution in [2.24, 2.45) is 0 Å². The molecule has 0 unspecified atom stereocenters. The highest BCUT2D eigenvalue weighted by Crippen LogP contribution is 2.43. The molecule has 12 heteroatoms. The third-order valence-electron chi connectivity index (χ3n) is 9.78. The van der Waals surface area contributed by atoms with Crippen LogP contribution in [-0.2, 0) is 4.74 Å². The number of hydrogen-bond acceptors (Lipinski definition) is 8. The van der Waals surface area contributed by atoms with Gasteiger partial charge in [-0.25, -0.2) is 8.78 Å². The molecule has 220 valence electrons. The van der Waals surface area contributed by atoms with Crippen LogP contribution >= 0.6 is 11.6 Å². The number of H-pyrrole nitrogens is 1. The Morgan fingerprint density at radius 1 is 1.17 bits per heavy atom. The molecule has 42 heavy (non-hydrogen) atoms. The number of pyridine rings is 1. The van der Waals surface area contributed by atoms with Crippen molar-refractivity contribution in [3.63, 3.8) is 0 Å². The van der Waals surface area contributed by atoms with E-state index in [2.05, 4.69) is 30.0 Å².